The summed E-state index contributed by atoms with van der Waals surface area (Å²) >= 11 is 0. The molecule has 0 spiro atoms. The molecule has 2 aliphatic heterocycles. The van der Waals surface area contributed by atoms with E-state index in [1.54, 1.807) is 0 Å². The smallest absolute Gasteiger partial charge is 0.220 e. The number of benzene rings is 2. The summed E-state index contributed by atoms with van der Waals surface area (Å²) in [6.45, 7) is 3.94. The van der Waals surface area contributed by atoms with Gasteiger partial charge in [0.15, 0.2) is 0 Å². The Morgan fingerprint density at radius 2 is 1.87 bits per heavy atom. The van der Waals surface area contributed by atoms with Gasteiger partial charge in [-0.2, -0.15) is 0 Å². The van der Waals surface area contributed by atoms with Gasteiger partial charge >= 0.3 is 0 Å². The Labute approximate surface area is 179 Å². The van der Waals surface area contributed by atoms with E-state index in [2.05, 4.69) is 51.9 Å². The Bertz CT molecular complexity index is 886. The normalized spacial score (nSPS) is 22.2. The highest BCUT2D eigenvalue weighted by atomic mass is 16.2. The highest BCUT2D eigenvalue weighted by molar-refractivity contribution is 5.86. The van der Waals surface area contributed by atoms with Crippen LogP contribution >= 0.6 is 0 Å². The second-order valence-electron chi connectivity index (χ2n) is 8.90. The van der Waals surface area contributed by atoms with Crippen molar-refractivity contribution in [3.63, 3.8) is 0 Å². The second-order valence-corrected chi connectivity index (χ2v) is 8.90. The van der Waals surface area contributed by atoms with Crippen LogP contribution in [0.15, 0.2) is 42.5 Å². The molecule has 0 aromatic heterocycles. The highest BCUT2D eigenvalue weighted by Gasteiger charge is 2.38. The van der Waals surface area contributed by atoms with E-state index in [9.17, 15) is 9.59 Å². The van der Waals surface area contributed by atoms with E-state index in [0.717, 1.165) is 32.5 Å². The predicted octanol–water partition coefficient (Wildman–Crippen LogP) is 3.41. The van der Waals surface area contributed by atoms with Crippen LogP contribution < -0.4 is 10.6 Å². The Hall–Kier alpha value is -2.40. The van der Waals surface area contributed by atoms with Crippen LogP contribution in [0.25, 0.3) is 10.8 Å². The van der Waals surface area contributed by atoms with Crippen molar-refractivity contribution in [1.29, 1.82) is 0 Å². The van der Waals surface area contributed by atoms with E-state index in [-0.39, 0.29) is 17.4 Å². The molecule has 1 atom stereocenters. The summed E-state index contributed by atoms with van der Waals surface area (Å²) in [6, 6.07) is 14.7. The summed E-state index contributed by atoms with van der Waals surface area (Å²) < 4.78 is 0. The summed E-state index contributed by atoms with van der Waals surface area (Å²) in [5.74, 6) is 0.186. The van der Waals surface area contributed by atoms with Crippen LogP contribution in [0, 0.1) is 0 Å². The standard InChI is InChI=1S/C25H33N3O2/c29-23(26-15-18-28-16-4-1-5-17-28)11-13-25(14-12-24(30)27-25)19-21-9-6-8-20-7-2-3-10-22(20)21/h2-3,6-10H,1,4-5,11-19H2,(H,26,29)(H,27,30)/t25-/m1/s1. The molecule has 30 heavy (non-hydrogen) atoms. The van der Waals surface area contributed by atoms with E-state index in [4.69, 9.17) is 0 Å². The monoisotopic (exact) mass is 407 g/mol. The zero-order valence-corrected chi connectivity index (χ0v) is 17.8. The number of hydrogen-bond donors (Lipinski definition) is 2. The molecule has 2 aromatic carbocycles. The third-order valence-corrected chi connectivity index (χ3v) is 6.67. The highest BCUT2D eigenvalue weighted by Crippen LogP contribution is 2.32. The lowest BCUT2D eigenvalue weighted by molar-refractivity contribution is -0.122. The van der Waals surface area contributed by atoms with Gasteiger partial charge in [0, 0.05) is 31.5 Å². The van der Waals surface area contributed by atoms with E-state index in [0.29, 0.717) is 25.8 Å². The third kappa shape index (κ3) is 5.20. The summed E-state index contributed by atoms with van der Waals surface area (Å²) in [7, 11) is 0. The lowest BCUT2D eigenvalue weighted by atomic mass is 9.83. The van der Waals surface area contributed by atoms with Crippen molar-refractivity contribution in [3.8, 4) is 0 Å². The molecule has 0 unspecified atom stereocenters. The SMILES string of the molecule is O=C(CC[C@]1(Cc2cccc3ccccc23)CCC(=O)N1)NCCN1CCCCC1. The molecular formula is C25H33N3O2. The van der Waals surface area contributed by atoms with Crippen LogP contribution in [0.3, 0.4) is 0 Å². The number of carbonyl (C=O) groups excluding carboxylic acids is 2. The zero-order valence-electron chi connectivity index (χ0n) is 17.8. The molecule has 2 heterocycles. The van der Waals surface area contributed by atoms with E-state index in [1.165, 1.54) is 35.6 Å². The van der Waals surface area contributed by atoms with Crippen LogP contribution in [0.4, 0.5) is 0 Å². The summed E-state index contributed by atoms with van der Waals surface area (Å²) in [6.07, 6.45) is 7.09. The minimum absolute atomic E-state index is 0.0884. The molecule has 0 bridgehead atoms. The number of carbonyl (C=O) groups is 2. The fourth-order valence-corrected chi connectivity index (χ4v) is 4.97. The van der Waals surface area contributed by atoms with Gasteiger partial charge in [-0.05, 0) is 61.5 Å². The Kier molecular flexibility index (Phi) is 6.68. The van der Waals surface area contributed by atoms with Crippen LogP contribution in [0.1, 0.15) is 50.5 Å². The molecule has 4 rings (SSSR count). The predicted molar refractivity (Wildman–Crippen MR) is 120 cm³/mol. The largest absolute Gasteiger partial charge is 0.355 e. The molecule has 5 nitrogen and oxygen atoms in total. The minimum atomic E-state index is -0.328. The van der Waals surface area contributed by atoms with Crippen LogP contribution in [-0.2, 0) is 16.0 Å². The molecule has 2 saturated heterocycles. The maximum atomic E-state index is 12.5. The quantitative estimate of drug-likeness (QED) is 0.705. The maximum absolute atomic E-state index is 12.5. The first-order chi connectivity index (χ1) is 14.6. The molecule has 0 radical (unpaired) electrons. The Morgan fingerprint density at radius 1 is 1.07 bits per heavy atom. The van der Waals surface area contributed by atoms with Gasteiger partial charge in [0.2, 0.25) is 11.8 Å². The minimum Gasteiger partial charge on any atom is -0.355 e. The van der Waals surface area contributed by atoms with Gasteiger partial charge in [0.05, 0.1) is 0 Å². The van der Waals surface area contributed by atoms with Gasteiger partial charge < -0.3 is 15.5 Å². The van der Waals surface area contributed by atoms with Crippen LogP contribution in [-0.4, -0.2) is 48.4 Å². The topological polar surface area (TPSA) is 61.4 Å². The molecule has 5 heteroatoms. The fraction of sp³-hybridized carbons (Fsp3) is 0.520. The fourth-order valence-electron chi connectivity index (χ4n) is 4.97. The first-order valence-corrected chi connectivity index (χ1v) is 11.4. The lowest BCUT2D eigenvalue weighted by Crippen LogP contribution is -2.45. The second kappa shape index (κ2) is 9.61. The molecular weight excluding hydrogens is 374 g/mol. The van der Waals surface area contributed by atoms with Crippen molar-refractivity contribution in [2.75, 3.05) is 26.2 Å². The van der Waals surface area contributed by atoms with Crippen LogP contribution in [0.5, 0.6) is 0 Å². The van der Waals surface area contributed by atoms with Crippen molar-refractivity contribution in [2.45, 2.75) is 56.9 Å². The van der Waals surface area contributed by atoms with Crippen molar-refractivity contribution in [1.82, 2.24) is 15.5 Å². The number of piperidine rings is 1. The average molecular weight is 408 g/mol. The van der Waals surface area contributed by atoms with Gasteiger partial charge in [-0.15, -0.1) is 0 Å². The molecule has 0 saturated carbocycles. The molecule has 2 aromatic rings. The number of amides is 2. The van der Waals surface area contributed by atoms with E-state index < -0.39 is 0 Å². The summed E-state index contributed by atoms with van der Waals surface area (Å²) in [5.41, 5.74) is 0.909. The van der Waals surface area contributed by atoms with Crippen molar-refractivity contribution < 1.29 is 9.59 Å². The molecule has 0 aliphatic carbocycles. The van der Waals surface area contributed by atoms with E-state index in [1.807, 2.05) is 6.07 Å². The van der Waals surface area contributed by atoms with Crippen molar-refractivity contribution in [2.24, 2.45) is 0 Å². The van der Waals surface area contributed by atoms with E-state index >= 15 is 0 Å². The number of nitrogens with zero attached hydrogens (tertiary/aromatic N) is 1. The molecule has 2 amide bonds. The third-order valence-electron chi connectivity index (χ3n) is 6.67. The van der Waals surface area contributed by atoms with Gasteiger partial charge in [-0.1, -0.05) is 48.9 Å². The summed E-state index contributed by atoms with van der Waals surface area (Å²) in [4.78, 5) is 27.0. The first-order valence-electron chi connectivity index (χ1n) is 11.4. The number of hydrogen-bond acceptors (Lipinski definition) is 3. The van der Waals surface area contributed by atoms with Gasteiger partial charge in [0.1, 0.15) is 0 Å². The van der Waals surface area contributed by atoms with Crippen LogP contribution in [0.2, 0.25) is 0 Å². The molecule has 160 valence electrons. The van der Waals surface area contributed by atoms with Gasteiger partial charge in [-0.25, -0.2) is 0 Å². The average Bonchev–Trinajstić information content (AvgIpc) is 3.14. The zero-order chi connectivity index (χ0) is 20.8. The molecule has 2 fully saturated rings. The lowest BCUT2D eigenvalue weighted by Gasteiger charge is -2.30. The number of nitrogens with one attached hydrogen (secondary N) is 2. The van der Waals surface area contributed by atoms with Gasteiger partial charge in [-0.3, -0.25) is 9.59 Å². The number of likely N-dealkylation sites (tertiary alicyclic amines) is 1. The maximum Gasteiger partial charge on any atom is 0.220 e. The Balaban J connectivity index is 1.35. The molecule has 2 N–H and O–H groups in total. The van der Waals surface area contributed by atoms with Crippen molar-refractivity contribution >= 4 is 22.6 Å². The Morgan fingerprint density at radius 3 is 2.67 bits per heavy atom. The molecule has 2 aliphatic rings. The first kappa shape index (κ1) is 20.9. The van der Waals surface area contributed by atoms with Gasteiger partial charge in [0.25, 0.3) is 0 Å². The van der Waals surface area contributed by atoms with Crippen molar-refractivity contribution in [3.05, 3.63) is 48.0 Å². The number of rotatable bonds is 8. The number of fused-ring (bicyclic) bond motifs is 1. The summed E-state index contributed by atoms with van der Waals surface area (Å²) in [5, 5.41) is 8.74.